The molecule has 6 nitrogen and oxygen atoms in total. The molecule has 0 spiro atoms. The van der Waals surface area contributed by atoms with Crippen LogP contribution in [0.1, 0.15) is 32.3 Å². The molecule has 2 rings (SSSR count). The lowest BCUT2D eigenvalue weighted by atomic mass is 10.0. The van der Waals surface area contributed by atoms with E-state index >= 15 is 0 Å². The van der Waals surface area contributed by atoms with E-state index in [1.807, 2.05) is 43.3 Å². The summed E-state index contributed by atoms with van der Waals surface area (Å²) >= 11 is 0. The molecule has 0 aliphatic carbocycles. The number of allylic oxidation sites excluding steroid dienone is 1. The molecule has 0 saturated carbocycles. The highest BCUT2D eigenvalue weighted by atomic mass is 16.2. The van der Waals surface area contributed by atoms with Gasteiger partial charge in [-0.2, -0.15) is 0 Å². The third kappa shape index (κ3) is 4.94. The molecular weight excluding hydrogens is 306 g/mol. The topological polar surface area (TPSA) is 87.3 Å². The van der Waals surface area contributed by atoms with Gasteiger partial charge in [-0.1, -0.05) is 37.3 Å². The fourth-order valence-electron chi connectivity index (χ4n) is 2.38. The van der Waals surface area contributed by atoms with Gasteiger partial charge >= 0.3 is 0 Å². The largest absolute Gasteiger partial charge is 0.347 e. The monoisotopic (exact) mass is 329 g/mol. The Morgan fingerprint density at radius 3 is 2.58 bits per heavy atom. The van der Waals surface area contributed by atoms with E-state index in [0.717, 1.165) is 12.0 Å². The van der Waals surface area contributed by atoms with Crippen LogP contribution in [0.4, 0.5) is 5.69 Å². The second-order valence-corrected chi connectivity index (χ2v) is 5.96. The first kappa shape index (κ1) is 17.7. The molecule has 0 radical (unpaired) electrons. The molecular formula is C18H23N3O3. The smallest absolute Gasteiger partial charge is 0.246 e. The molecule has 6 heteroatoms. The van der Waals surface area contributed by atoms with Crippen molar-refractivity contribution in [1.82, 2.24) is 10.6 Å². The first-order valence-electron chi connectivity index (χ1n) is 8.11. The van der Waals surface area contributed by atoms with Crippen LogP contribution in [-0.2, 0) is 14.4 Å². The number of hydrogen-bond acceptors (Lipinski definition) is 3. The first-order chi connectivity index (χ1) is 11.5. The Morgan fingerprint density at radius 2 is 1.79 bits per heavy atom. The molecule has 0 aromatic heterocycles. The van der Waals surface area contributed by atoms with E-state index in [4.69, 9.17) is 0 Å². The number of rotatable bonds is 0. The zero-order valence-electron chi connectivity index (χ0n) is 14.0. The van der Waals surface area contributed by atoms with E-state index in [1.165, 1.54) is 0 Å². The molecule has 1 aliphatic heterocycles. The van der Waals surface area contributed by atoms with Gasteiger partial charge in [0.05, 0.1) is 6.54 Å². The Balaban J connectivity index is 2.22. The van der Waals surface area contributed by atoms with Gasteiger partial charge in [0.1, 0.15) is 6.04 Å². The first-order valence-corrected chi connectivity index (χ1v) is 8.11. The van der Waals surface area contributed by atoms with Crippen LogP contribution in [0, 0.1) is 5.92 Å². The molecule has 128 valence electrons. The Labute approximate surface area is 141 Å². The molecule has 2 atom stereocenters. The van der Waals surface area contributed by atoms with Crippen LogP contribution in [0.5, 0.6) is 0 Å². The predicted molar refractivity (Wildman–Crippen MR) is 93.1 cm³/mol. The van der Waals surface area contributed by atoms with Crippen molar-refractivity contribution in [3.63, 3.8) is 0 Å². The van der Waals surface area contributed by atoms with Crippen LogP contribution >= 0.6 is 0 Å². The minimum absolute atomic E-state index is 0.132. The summed E-state index contributed by atoms with van der Waals surface area (Å²) < 4.78 is 0. The summed E-state index contributed by atoms with van der Waals surface area (Å²) in [4.78, 5) is 36.0. The molecule has 3 amide bonds. The number of nitrogens with one attached hydrogen (secondary N) is 3. The normalized spacial score (nSPS) is 24.5. The van der Waals surface area contributed by atoms with E-state index in [9.17, 15) is 14.4 Å². The Hall–Kier alpha value is -2.63. The van der Waals surface area contributed by atoms with Crippen LogP contribution in [0.25, 0.3) is 6.08 Å². The number of amides is 3. The van der Waals surface area contributed by atoms with E-state index in [0.29, 0.717) is 12.1 Å². The maximum Gasteiger partial charge on any atom is 0.246 e. The number of para-hydroxylation sites is 1. The van der Waals surface area contributed by atoms with Gasteiger partial charge in [0, 0.05) is 11.6 Å². The van der Waals surface area contributed by atoms with Crippen LogP contribution in [0.15, 0.2) is 30.3 Å². The number of anilines is 1. The lowest BCUT2D eigenvalue weighted by Gasteiger charge is -2.16. The predicted octanol–water partition coefficient (Wildman–Crippen LogP) is 1.69. The van der Waals surface area contributed by atoms with Crippen LogP contribution in [-0.4, -0.2) is 30.3 Å². The summed E-state index contributed by atoms with van der Waals surface area (Å²) in [6, 6.07) is 6.76. The lowest BCUT2D eigenvalue weighted by Crippen LogP contribution is -2.46. The molecule has 1 heterocycles. The number of carbonyl (C=O) groups is 3. The lowest BCUT2D eigenvalue weighted by molar-refractivity contribution is -0.129. The highest BCUT2D eigenvalue weighted by Gasteiger charge is 2.18. The van der Waals surface area contributed by atoms with Gasteiger partial charge in [0.25, 0.3) is 0 Å². The minimum atomic E-state index is -0.700. The summed E-state index contributed by atoms with van der Waals surface area (Å²) in [7, 11) is 0. The second-order valence-electron chi connectivity index (χ2n) is 5.96. The summed E-state index contributed by atoms with van der Waals surface area (Å²) in [5.74, 6) is -1.04. The number of carbonyl (C=O) groups excluding carboxylic acids is 3. The SMILES string of the molecule is C[C@H]1CC/C=C\c2ccccc2NC(=O)[C@@H](C)NC(=O)CNC1=O. The standard InChI is InChI=1S/C18H23N3O3/c1-12-7-3-4-8-14-9-5-6-10-15(14)21-18(24)13(2)20-16(22)11-19-17(12)23/h4-6,8-10,12-13H,3,7,11H2,1-2H3,(H,19,23)(H,20,22)(H,21,24)/b8-4-/t12-,13+/m0/s1. The Kier molecular flexibility index (Phi) is 6.12. The highest BCUT2D eigenvalue weighted by molar-refractivity contribution is 5.98. The van der Waals surface area contributed by atoms with Crippen molar-refractivity contribution in [1.29, 1.82) is 0 Å². The van der Waals surface area contributed by atoms with Crippen LogP contribution in [0.2, 0.25) is 0 Å². The van der Waals surface area contributed by atoms with Gasteiger partial charge in [-0.3, -0.25) is 14.4 Å². The average Bonchev–Trinajstić information content (AvgIpc) is 2.56. The van der Waals surface area contributed by atoms with E-state index in [2.05, 4.69) is 16.0 Å². The minimum Gasteiger partial charge on any atom is -0.347 e. The molecule has 3 N–H and O–H groups in total. The zero-order valence-corrected chi connectivity index (χ0v) is 14.0. The van der Waals surface area contributed by atoms with Crippen molar-refractivity contribution in [3.05, 3.63) is 35.9 Å². The summed E-state index contributed by atoms with van der Waals surface area (Å²) in [6.07, 6.45) is 5.35. The van der Waals surface area contributed by atoms with Crippen molar-refractivity contribution >= 4 is 29.5 Å². The quantitative estimate of drug-likeness (QED) is 0.677. The Bertz CT molecular complexity index is 655. The number of fused-ring (bicyclic) bond motifs is 1. The average molecular weight is 329 g/mol. The van der Waals surface area contributed by atoms with Crippen molar-refractivity contribution in [2.75, 3.05) is 11.9 Å². The van der Waals surface area contributed by atoms with Gasteiger partial charge in [-0.15, -0.1) is 0 Å². The molecule has 1 aromatic carbocycles. The maximum atomic E-state index is 12.2. The molecule has 1 aromatic rings. The number of hydrogen-bond donors (Lipinski definition) is 3. The Morgan fingerprint density at radius 1 is 1.04 bits per heavy atom. The van der Waals surface area contributed by atoms with Crippen LogP contribution in [0.3, 0.4) is 0 Å². The third-order valence-electron chi connectivity index (χ3n) is 3.92. The van der Waals surface area contributed by atoms with Gasteiger partial charge in [0.15, 0.2) is 0 Å². The fraction of sp³-hybridized carbons (Fsp3) is 0.389. The van der Waals surface area contributed by atoms with Crippen molar-refractivity contribution in [3.8, 4) is 0 Å². The highest BCUT2D eigenvalue weighted by Crippen LogP contribution is 2.18. The molecule has 1 aliphatic rings. The van der Waals surface area contributed by atoms with E-state index < -0.39 is 6.04 Å². The molecule has 0 saturated heterocycles. The van der Waals surface area contributed by atoms with Gasteiger partial charge < -0.3 is 16.0 Å². The van der Waals surface area contributed by atoms with Gasteiger partial charge in [-0.05, 0) is 31.4 Å². The van der Waals surface area contributed by atoms with Crippen LogP contribution < -0.4 is 16.0 Å². The molecule has 24 heavy (non-hydrogen) atoms. The van der Waals surface area contributed by atoms with Gasteiger partial charge in [-0.25, -0.2) is 0 Å². The zero-order chi connectivity index (χ0) is 17.5. The fourth-order valence-corrected chi connectivity index (χ4v) is 2.38. The second kappa shape index (κ2) is 8.29. The van der Waals surface area contributed by atoms with E-state index in [-0.39, 0.29) is 30.2 Å². The molecule has 0 unspecified atom stereocenters. The maximum absolute atomic E-state index is 12.2. The van der Waals surface area contributed by atoms with Crippen molar-refractivity contribution < 1.29 is 14.4 Å². The summed E-state index contributed by atoms with van der Waals surface area (Å²) in [5.41, 5.74) is 1.58. The van der Waals surface area contributed by atoms with Crippen molar-refractivity contribution in [2.45, 2.75) is 32.7 Å². The number of benzene rings is 1. The van der Waals surface area contributed by atoms with Crippen molar-refractivity contribution in [2.24, 2.45) is 5.92 Å². The van der Waals surface area contributed by atoms with E-state index in [1.54, 1.807) is 6.92 Å². The molecule has 0 fully saturated rings. The van der Waals surface area contributed by atoms with Gasteiger partial charge in [0.2, 0.25) is 17.7 Å². The summed E-state index contributed by atoms with van der Waals surface area (Å²) in [5, 5.41) is 8.00. The summed E-state index contributed by atoms with van der Waals surface area (Å²) in [6.45, 7) is 3.31. The molecule has 0 bridgehead atoms. The third-order valence-corrected chi connectivity index (χ3v) is 3.92.